The first-order valence-corrected chi connectivity index (χ1v) is 6.70. The van der Waals surface area contributed by atoms with Crippen LogP contribution >= 0.6 is 11.6 Å². The van der Waals surface area contributed by atoms with Gasteiger partial charge in [0, 0.05) is 5.39 Å². The van der Waals surface area contributed by atoms with Crippen LogP contribution in [-0.2, 0) is 6.67 Å². The van der Waals surface area contributed by atoms with E-state index in [9.17, 15) is 14.3 Å². The van der Waals surface area contributed by atoms with Gasteiger partial charge >= 0.3 is 5.97 Å². The lowest BCUT2D eigenvalue weighted by molar-refractivity contribution is 0.0698. The third-order valence-electron chi connectivity index (χ3n) is 3.24. The normalized spacial score (nSPS) is 10.8. The summed E-state index contributed by atoms with van der Waals surface area (Å²) >= 11 is 6.06. The lowest BCUT2D eigenvalue weighted by atomic mass is 10.0. The molecule has 112 valence electrons. The van der Waals surface area contributed by atoms with Gasteiger partial charge in [-0.05, 0) is 18.2 Å². The molecular weight excluding hydrogens is 311 g/mol. The Hall–Kier alpha value is -2.60. The number of aromatic nitrogens is 1. The molecule has 0 saturated heterocycles. The first kappa shape index (κ1) is 14.3. The number of rotatable bonds is 4. The number of carboxylic acid groups (broad SMARTS) is 1. The molecule has 0 amide bonds. The maximum atomic E-state index is 13.5. The number of hydrogen-bond acceptors (Lipinski definition) is 4. The molecule has 7 heteroatoms. The summed E-state index contributed by atoms with van der Waals surface area (Å²) in [5.41, 5.74) is 0.797. The van der Waals surface area contributed by atoms with Gasteiger partial charge in [0.15, 0.2) is 5.58 Å². The third-order valence-corrected chi connectivity index (χ3v) is 3.57. The molecule has 5 nitrogen and oxygen atoms in total. The Bertz CT molecular complexity index is 863. The number of carbonyl (C=O) groups is 1. The van der Waals surface area contributed by atoms with Gasteiger partial charge in [0.05, 0.1) is 33.7 Å². The molecule has 0 unspecified atom stereocenters. The van der Waals surface area contributed by atoms with Crippen molar-refractivity contribution in [2.75, 3.05) is 5.32 Å². The maximum absolute atomic E-state index is 13.5. The van der Waals surface area contributed by atoms with Crippen LogP contribution in [0.4, 0.5) is 15.8 Å². The van der Waals surface area contributed by atoms with Crippen molar-refractivity contribution in [3.8, 4) is 0 Å². The fraction of sp³-hybridized carbons (Fsp3) is 0.0667. The van der Waals surface area contributed by atoms with Gasteiger partial charge in [0.2, 0.25) is 0 Å². The number of halogens is 2. The highest BCUT2D eigenvalue weighted by atomic mass is 35.5. The molecule has 0 bridgehead atoms. The molecule has 0 atom stereocenters. The topological polar surface area (TPSA) is 75.4 Å². The molecule has 1 aromatic heterocycles. The molecule has 1 heterocycles. The van der Waals surface area contributed by atoms with Crippen molar-refractivity contribution in [2.45, 2.75) is 6.67 Å². The smallest absolute Gasteiger partial charge is 0.337 e. The Kier molecular flexibility index (Phi) is 3.68. The SMILES string of the molecule is O=C(O)c1cc2cnoc2c(CF)c1Nc1ccccc1Cl. The van der Waals surface area contributed by atoms with Crippen molar-refractivity contribution >= 4 is 39.9 Å². The zero-order valence-corrected chi connectivity index (χ0v) is 11.9. The van der Waals surface area contributed by atoms with Crippen molar-refractivity contribution in [2.24, 2.45) is 0 Å². The number of para-hydroxylation sites is 1. The van der Waals surface area contributed by atoms with Crippen molar-refractivity contribution < 1.29 is 18.8 Å². The van der Waals surface area contributed by atoms with Crippen LogP contribution in [0.1, 0.15) is 15.9 Å². The Morgan fingerprint density at radius 1 is 1.41 bits per heavy atom. The lowest BCUT2D eigenvalue weighted by Gasteiger charge is -2.14. The summed E-state index contributed by atoms with van der Waals surface area (Å²) in [4.78, 5) is 11.5. The maximum Gasteiger partial charge on any atom is 0.337 e. The molecule has 0 aliphatic heterocycles. The second-order valence-corrected chi connectivity index (χ2v) is 4.97. The Labute approximate surface area is 129 Å². The number of alkyl halides is 1. The van der Waals surface area contributed by atoms with Crippen molar-refractivity contribution in [3.05, 3.63) is 52.7 Å². The second kappa shape index (κ2) is 5.65. The Balaban J connectivity index is 2.23. The molecule has 2 N–H and O–H groups in total. The average Bonchev–Trinajstić information content (AvgIpc) is 2.96. The van der Waals surface area contributed by atoms with Crippen LogP contribution in [-0.4, -0.2) is 16.2 Å². The number of fused-ring (bicyclic) bond motifs is 1. The fourth-order valence-electron chi connectivity index (χ4n) is 2.22. The van der Waals surface area contributed by atoms with Crippen molar-refractivity contribution in [1.82, 2.24) is 5.16 Å². The standard InChI is InChI=1S/C15H10ClFN2O3/c16-11-3-1-2-4-12(11)19-13-9(15(20)21)5-8-7-18-22-14(8)10(13)6-17/h1-5,7,19H,6H2,(H,20,21). The van der Waals surface area contributed by atoms with Gasteiger partial charge in [-0.2, -0.15) is 0 Å². The van der Waals surface area contributed by atoms with Crippen LogP contribution in [0, 0.1) is 0 Å². The van der Waals surface area contributed by atoms with E-state index in [1.54, 1.807) is 24.3 Å². The molecule has 0 saturated carbocycles. The Morgan fingerprint density at radius 3 is 2.86 bits per heavy atom. The van der Waals surface area contributed by atoms with Crippen LogP contribution < -0.4 is 5.32 Å². The molecule has 3 aromatic rings. The number of anilines is 2. The summed E-state index contributed by atoms with van der Waals surface area (Å²) in [5.74, 6) is -1.19. The number of nitrogens with one attached hydrogen (secondary N) is 1. The summed E-state index contributed by atoms with van der Waals surface area (Å²) in [5, 5.41) is 16.7. The predicted octanol–water partition coefficient (Wildman–Crippen LogP) is 4.39. The lowest BCUT2D eigenvalue weighted by Crippen LogP contribution is -2.06. The average molecular weight is 321 g/mol. The predicted molar refractivity (Wildman–Crippen MR) is 80.5 cm³/mol. The second-order valence-electron chi connectivity index (χ2n) is 4.57. The van der Waals surface area contributed by atoms with Crippen LogP contribution in [0.5, 0.6) is 0 Å². The highest BCUT2D eigenvalue weighted by molar-refractivity contribution is 6.33. The van der Waals surface area contributed by atoms with Gasteiger partial charge in [-0.1, -0.05) is 28.9 Å². The quantitative estimate of drug-likeness (QED) is 0.745. The van der Waals surface area contributed by atoms with Crippen LogP contribution in [0.2, 0.25) is 5.02 Å². The summed E-state index contributed by atoms with van der Waals surface area (Å²) in [6.07, 6.45) is 1.35. The highest BCUT2D eigenvalue weighted by Crippen LogP contribution is 2.35. The molecule has 2 aromatic carbocycles. The summed E-state index contributed by atoms with van der Waals surface area (Å²) in [6.45, 7) is -0.903. The van der Waals surface area contributed by atoms with Crippen molar-refractivity contribution in [1.29, 1.82) is 0 Å². The third kappa shape index (κ3) is 2.37. The molecule has 0 spiro atoms. The van der Waals surface area contributed by atoms with Gasteiger partial charge < -0.3 is 14.9 Å². The van der Waals surface area contributed by atoms with E-state index < -0.39 is 12.6 Å². The fourth-order valence-corrected chi connectivity index (χ4v) is 2.40. The Morgan fingerprint density at radius 2 is 2.18 bits per heavy atom. The number of nitrogens with zero attached hydrogens (tertiary/aromatic N) is 1. The van der Waals surface area contributed by atoms with E-state index in [4.69, 9.17) is 16.1 Å². The molecule has 3 rings (SSSR count). The zero-order chi connectivity index (χ0) is 15.7. The van der Waals surface area contributed by atoms with Gasteiger partial charge in [-0.15, -0.1) is 0 Å². The zero-order valence-electron chi connectivity index (χ0n) is 11.1. The molecule has 0 fully saturated rings. The summed E-state index contributed by atoms with van der Waals surface area (Å²) in [7, 11) is 0. The molecular formula is C15H10ClFN2O3. The monoisotopic (exact) mass is 320 g/mol. The molecule has 0 radical (unpaired) electrons. The molecule has 22 heavy (non-hydrogen) atoms. The molecule has 0 aliphatic rings. The van der Waals surface area contributed by atoms with Gasteiger partial charge in [0.25, 0.3) is 0 Å². The van der Waals surface area contributed by atoms with E-state index in [1.807, 2.05) is 0 Å². The van der Waals surface area contributed by atoms with E-state index in [-0.39, 0.29) is 22.4 Å². The first-order chi connectivity index (χ1) is 10.6. The molecule has 0 aliphatic carbocycles. The van der Waals surface area contributed by atoms with Crippen molar-refractivity contribution in [3.63, 3.8) is 0 Å². The largest absolute Gasteiger partial charge is 0.478 e. The first-order valence-electron chi connectivity index (χ1n) is 6.33. The number of aromatic carboxylic acids is 1. The van der Waals surface area contributed by atoms with Gasteiger partial charge in [-0.3, -0.25) is 0 Å². The van der Waals surface area contributed by atoms with Gasteiger partial charge in [0.1, 0.15) is 6.67 Å². The van der Waals surface area contributed by atoms with Crippen LogP contribution in [0.25, 0.3) is 11.0 Å². The summed E-state index contributed by atoms with van der Waals surface area (Å²) < 4.78 is 18.5. The highest BCUT2D eigenvalue weighted by Gasteiger charge is 2.21. The van der Waals surface area contributed by atoms with Crippen LogP contribution in [0.3, 0.4) is 0 Å². The van der Waals surface area contributed by atoms with E-state index in [2.05, 4.69) is 10.5 Å². The van der Waals surface area contributed by atoms with E-state index in [0.717, 1.165) is 0 Å². The number of benzene rings is 2. The van der Waals surface area contributed by atoms with Gasteiger partial charge in [-0.25, -0.2) is 9.18 Å². The van der Waals surface area contributed by atoms with Crippen LogP contribution in [0.15, 0.2) is 41.1 Å². The van der Waals surface area contributed by atoms with E-state index >= 15 is 0 Å². The minimum absolute atomic E-state index is 0.0803. The number of carboxylic acids is 1. The van der Waals surface area contributed by atoms with E-state index in [0.29, 0.717) is 16.1 Å². The minimum atomic E-state index is -1.19. The summed E-state index contributed by atoms with van der Waals surface area (Å²) in [6, 6.07) is 8.16. The van der Waals surface area contributed by atoms with E-state index in [1.165, 1.54) is 12.3 Å². The number of hydrogen-bond donors (Lipinski definition) is 2. The minimum Gasteiger partial charge on any atom is -0.478 e.